The first-order valence-electron chi connectivity index (χ1n) is 8.16. The lowest BCUT2D eigenvalue weighted by atomic mass is 10.1. The van der Waals surface area contributed by atoms with Crippen LogP contribution in [0.4, 0.5) is 0 Å². The highest BCUT2D eigenvalue weighted by Gasteiger charge is 2.16. The fraction of sp³-hybridized carbons (Fsp3) is 0.588. The van der Waals surface area contributed by atoms with Crippen LogP contribution in [0.5, 0.6) is 0 Å². The van der Waals surface area contributed by atoms with Crippen molar-refractivity contribution in [2.24, 2.45) is 4.99 Å². The third-order valence-corrected chi connectivity index (χ3v) is 5.32. The fourth-order valence-electron chi connectivity index (χ4n) is 1.89. The van der Waals surface area contributed by atoms with Crippen LogP contribution in [0.15, 0.2) is 40.2 Å². The molecule has 2 N–H and O–H groups in total. The van der Waals surface area contributed by atoms with Gasteiger partial charge in [0.2, 0.25) is 0 Å². The monoisotopic (exact) mass is 483 g/mol. The van der Waals surface area contributed by atoms with E-state index >= 15 is 0 Å². The first kappa shape index (κ1) is 24.1. The van der Waals surface area contributed by atoms with Gasteiger partial charge in [-0.1, -0.05) is 18.2 Å². The Bertz CT molecular complexity index is 619. The zero-order valence-electron chi connectivity index (χ0n) is 15.4. The molecular weight excluding hydrogens is 453 g/mol. The molecule has 0 radical (unpaired) electrons. The van der Waals surface area contributed by atoms with Gasteiger partial charge >= 0.3 is 0 Å². The Morgan fingerprint density at radius 1 is 1.20 bits per heavy atom. The molecule has 0 aliphatic carbocycles. The van der Waals surface area contributed by atoms with Crippen LogP contribution in [0.2, 0.25) is 0 Å². The molecule has 6 nitrogen and oxygen atoms in total. The van der Waals surface area contributed by atoms with Gasteiger partial charge in [0, 0.05) is 20.2 Å². The molecular formula is C17H30IN3O3S. The summed E-state index contributed by atoms with van der Waals surface area (Å²) >= 11 is 0. The number of hydrogen-bond acceptors (Lipinski definition) is 4. The van der Waals surface area contributed by atoms with Gasteiger partial charge in [0.1, 0.15) is 0 Å². The maximum absolute atomic E-state index is 12.2. The van der Waals surface area contributed by atoms with Gasteiger partial charge in [-0.2, -0.15) is 0 Å². The topological polar surface area (TPSA) is 79.8 Å². The molecule has 0 fully saturated rings. The number of nitrogens with one attached hydrogen (secondary N) is 2. The van der Waals surface area contributed by atoms with Crippen molar-refractivity contribution < 1.29 is 13.2 Å². The van der Waals surface area contributed by atoms with Crippen molar-refractivity contribution in [1.29, 1.82) is 0 Å². The van der Waals surface area contributed by atoms with Crippen LogP contribution in [0.1, 0.15) is 27.2 Å². The Balaban J connectivity index is 0.00000576. The van der Waals surface area contributed by atoms with E-state index in [0.29, 0.717) is 30.4 Å². The van der Waals surface area contributed by atoms with Crippen molar-refractivity contribution >= 4 is 39.8 Å². The number of ether oxygens (including phenoxy) is 1. The second kappa shape index (κ2) is 11.7. The van der Waals surface area contributed by atoms with Crippen molar-refractivity contribution in [2.45, 2.75) is 37.7 Å². The number of rotatable bonds is 9. The summed E-state index contributed by atoms with van der Waals surface area (Å²) in [5, 5.41) is 6.30. The molecule has 0 unspecified atom stereocenters. The van der Waals surface area contributed by atoms with E-state index in [1.165, 1.54) is 0 Å². The molecule has 1 aromatic rings. The van der Waals surface area contributed by atoms with Crippen LogP contribution in [0.25, 0.3) is 0 Å². The normalized spacial score (nSPS) is 12.4. The summed E-state index contributed by atoms with van der Waals surface area (Å²) in [6.07, 6.45) is 0.509. The number of nitrogens with zero attached hydrogens (tertiary/aromatic N) is 1. The molecule has 0 amide bonds. The lowest BCUT2D eigenvalue weighted by molar-refractivity contribution is 0.0310. The second-order valence-electron chi connectivity index (χ2n) is 6.07. The van der Waals surface area contributed by atoms with Gasteiger partial charge in [0.15, 0.2) is 15.8 Å². The molecule has 0 heterocycles. The van der Waals surface area contributed by atoms with Crippen molar-refractivity contribution in [3.63, 3.8) is 0 Å². The molecule has 0 saturated carbocycles. The van der Waals surface area contributed by atoms with E-state index in [0.717, 1.165) is 6.54 Å². The van der Waals surface area contributed by atoms with Crippen molar-refractivity contribution in [3.05, 3.63) is 30.3 Å². The number of benzene rings is 1. The van der Waals surface area contributed by atoms with Gasteiger partial charge < -0.3 is 15.4 Å². The number of guanidine groups is 1. The van der Waals surface area contributed by atoms with Crippen LogP contribution in [-0.4, -0.2) is 52.5 Å². The van der Waals surface area contributed by atoms with Crippen LogP contribution in [-0.2, 0) is 14.6 Å². The average molecular weight is 483 g/mol. The summed E-state index contributed by atoms with van der Waals surface area (Å²) in [7, 11) is -1.57. The van der Waals surface area contributed by atoms with Crippen LogP contribution in [0, 0.1) is 0 Å². The number of hydrogen-bond donors (Lipinski definition) is 2. The maximum atomic E-state index is 12.2. The minimum absolute atomic E-state index is 0. The molecule has 0 atom stereocenters. The number of sulfone groups is 1. The Labute approximate surface area is 168 Å². The van der Waals surface area contributed by atoms with Crippen LogP contribution >= 0.6 is 24.0 Å². The fourth-order valence-corrected chi connectivity index (χ4v) is 3.22. The quantitative estimate of drug-likeness (QED) is 0.244. The van der Waals surface area contributed by atoms with Crippen molar-refractivity contribution in [3.8, 4) is 0 Å². The van der Waals surface area contributed by atoms with Crippen LogP contribution in [0.3, 0.4) is 0 Å². The number of halogens is 1. The standard InChI is InChI=1S/C17H29N3O3S.HI/c1-5-18-16(20-14-17(2,3)23-4)19-12-9-13-24(21,22)15-10-7-6-8-11-15;/h6-8,10-11H,5,9,12-14H2,1-4H3,(H2,18,19,20);1H. The Kier molecular flexibility index (Phi) is 11.3. The molecule has 1 aromatic carbocycles. The predicted molar refractivity (Wildman–Crippen MR) is 114 cm³/mol. The Morgan fingerprint density at radius 3 is 2.40 bits per heavy atom. The van der Waals surface area contributed by atoms with E-state index in [-0.39, 0.29) is 35.3 Å². The van der Waals surface area contributed by atoms with E-state index in [9.17, 15) is 8.42 Å². The average Bonchev–Trinajstić information content (AvgIpc) is 2.57. The molecule has 0 saturated heterocycles. The van der Waals surface area contributed by atoms with Gasteiger partial charge in [-0.15, -0.1) is 24.0 Å². The Morgan fingerprint density at radius 2 is 1.84 bits per heavy atom. The molecule has 0 aromatic heterocycles. The summed E-state index contributed by atoms with van der Waals surface area (Å²) in [6.45, 7) is 7.70. The van der Waals surface area contributed by atoms with E-state index in [2.05, 4.69) is 15.6 Å². The zero-order valence-corrected chi connectivity index (χ0v) is 18.6. The van der Waals surface area contributed by atoms with Crippen LogP contribution < -0.4 is 10.6 Å². The molecule has 0 aliphatic rings. The second-order valence-corrected chi connectivity index (χ2v) is 8.18. The molecule has 0 spiro atoms. The SMILES string of the molecule is CCNC(=NCC(C)(C)OC)NCCCS(=O)(=O)c1ccccc1.I. The van der Waals surface area contributed by atoms with E-state index < -0.39 is 9.84 Å². The summed E-state index contributed by atoms with van der Waals surface area (Å²) in [5.74, 6) is 0.771. The van der Waals surface area contributed by atoms with Crippen molar-refractivity contribution in [1.82, 2.24) is 10.6 Å². The minimum Gasteiger partial charge on any atom is -0.377 e. The number of aliphatic imine (C=N–C) groups is 1. The third kappa shape index (κ3) is 9.41. The van der Waals surface area contributed by atoms with E-state index in [1.807, 2.05) is 20.8 Å². The van der Waals surface area contributed by atoms with Gasteiger partial charge in [-0.25, -0.2) is 8.42 Å². The molecule has 0 bridgehead atoms. The van der Waals surface area contributed by atoms with Gasteiger partial charge in [0.05, 0.1) is 22.8 Å². The zero-order chi connectivity index (χ0) is 18.1. The Hall–Kier alpha value is -0.870. The third-order valence-electron chi connectivity index (χ3n) is 3.50. The van der Waals surface area contributed by atoms with E-state index in [1.54, 1.807) is 37.4 Å². The number of methoxy groups -OCH3 is 1. The summed E-state index contributed by atoms with van der Waals surface area (Å²) in [4.78, 5) is 4.84. The highest BCUT2D eigenvalue weighted by Crippen LogP contribution is 2.10. The van der Waals surface area contributed by atoms with E-state index in [4.69, 9.17) is 4.74 Å². The first-order valence-corrected chi connectivity index (χ1v) is 9.81. The molecule has 1 rings (SSSR count). The summed E-state index contributed by atoms with van der Waals surface area (Å²) in [6, 6.07) is 8.53. The lowest BCUT2D eigenvalue weighted by Crippen LogP contribution is -2.39. The van der Waals surface area contributed by atoms with Crippen molar-refractivity contribution in [2.75, 3.05) is 32.5 Å². The lowest BCUT2D eigenvalue weighted by Gasteiger charge is -2.21. The molecule has 144 valence electrons. The maximum Gasteiger partial charge on any atom is 0.191 e. The minimum atomic E-state index is -3.23. The predicted octanol–water partition coefficient (Wildman–Crippen LogP) is 2.45. The largest absolute Gasteiger partial charge is 0.377 e. The van der Waals surface area contributed by atoms with Gasteiger partial charge in [-0.3, -0.25) is 4.99 Å². The van der Waals surface area contributed by atoms with Gasteiger partial charge in [-0.05, 0) is 39.3 Å². The summed E-state index contributed by atoms with van der Waals surface area (Å²) < 4.78 is 29.8. The first-order chi connectivity index (χ1) is 11.3. The molecule has 25 heavy (non-hydrogen) atoms. The molecule has 0 aliphatic heterocycles. The highest BCUT2D eigenvalue weighted by atomic mass is 127. The highest BCUT2D eigenvalue weighted by molar-refractivity contribution is 14.0. The molecule has 8 heteroatoms. The smallest absolute Gasteiger partial charge is 0.191 e. The van der Waals surface area contributed by atoms with Gasteiger partial charge in [0.25, 0.3) is 0 Å². The summed E-state index contributed by atoms with van der Waals surface area (Å²) in [5.41, 5.74) is -0.334.